The minimum atomic E-state index is -0.401. The Kier molecular flexibility index (Phi) is 6.44. The third-order valence-electron chi connectivity index (χ3n) is 4.22. The van der Waals surface area contributed by atoms with Crippen LogP contribution in [-0.4, -0.2) is 24.8 Å². The summed E-state index contributed by atoms with van der Waals surface area (Å²) in [5, 5.41) is 2.88. The monoisotopic (exact) mass is 303 g/mol. The van der Waals surface area contributed by atoms with Gasteiger partial charge in [-0.3, -0.25) is 9.59 Å². The number of ketones is 1. The van der Waals surface area contributed by atoms with Crippen molar-refractivity contribution in [3.63, 3.8) is 0 Å². The van der Waals surface area contributed by atoms with Crippen molar-refractivity contribution >= 4 is 11.7 Å². The second-order valence-corrected chi connectivity index (χ2v) is 5.93. The molecular formula is C18H25NO3. The van der Waals surface area contributed by atoms with Gasteiger partial charge in [0.2, 0.25) is 5.78 Å². The van der Waals surface area contributed by atoms with Crippen LogP contribution in [0.2, 0.25) is 0 Å². The van der Waals surface area contributed by atoms with Gasteiger partial charge in [0, 0.05) is 12.5 Å². The molecule has 0 spiro atoms. The molecule has 0 unspecified atom stereocenters. The summed E-state index contributed by atoms with van der Waals surface area (Å²) >= 11 is 0. The van der Waals surface area contributed by atoms with Crippen LogP contribution in [-0.2, 0) is 16.0 Å². The molecule has 1 saturated carbocycles. The number of carbonyl (C=O) groups excluding carboxylic acids is 2. The summed E-state index contributed by atoms with van der Waals surface area (Å²) in [4.78, 5) is 23.7. The Hall–Kier alpha value is -1.84. The van der Waals surface area contributed by atoms with Crippen molar-refractivity contribution in [1.82, 2.24) is 5.32 Å². The Bertz CT molecular complexity index is 490. The van der Waals surface area contributed by atoms with Gasteiger partial charge in [0.15, 0.2) is 0 Å². The van der Waals surface area contributed by atoms with Crippen molar-refractivity contribution in [2.75, 3.05) is 7.11 Å². The van der Waals surface area contributed by atoms with E-state index in [4.69, 9.17) is 4.74 Å². The highest BCUT2D eigenvalue weighted by Gasteiger charge is 2.19. The lowest BCUT2D eigenvalue weighted by atomic mass is 9.95. The summed E-state index contributed by atoms with van der Waals surface area (Å²) < 4.78 is 5.11. The summed E-state index contributed by atoms with van der Waals surface area (Å²) in [5.41, 5.74) is 1.15. The Morgan fingerprint density at radius 3 is 2.45 bits per heavy atom. The molecule has 4 nitrogen and oxygen atoms in total. The van der Waals surface area contributed by atoms with E-state index in [2.05, 4.69) is 5.32 Å². The quantitative estimate of drug-likeness (QED) is 0.788. The lowest BCUT2D eigenvalue weighted by Crippen LogP contribution is -2.40. The van der Waals surface area contributed by atoms with Crippen molar-refractivity contribution in [2.45, 2.75) is 57.4 Å². The van der Waals surface area contributed by atoms with Gasteiger partial charge in [-0.25, -0.2) is 0 Å². The molecule has 0 aromatic heterocycles. The third kappa shape index (κ3) is 5.17. The minimum Gasteiger partial charge on any atom is -0.497 e. The zero-order chi connectivity index (χ0) is 15.8. The number of methoxy groups -OCH3 is 1. The average molecular weight is 303 g/mol. The summed E-state index contributed by atoms with van der Waals surface area (Å²) in [7, 11) is 1.64. The minimum absolute atomic E-state index is 0.201. The molecule has 4 heteroatoms. The highest BCUT2D eigenvalue weighted by Crippen LogP contribution is 2.17. The van der Waals surface area contributed by atoms with Crippen LogP contribution in [0.15, 0.2) is 24.3 Å². The normalized spacial score (nSPS) is 15.3. The van der Waals surface area contributed by atoms with Gasteiger partial charge in [-0.05, 0) is 43.4 Å². The molecule has 120 valence electrons. The number of Topliss-reactive ketones (excluding diaryl/α,β-unsaturated/α-hetero) is 1. The molecule has 1 N–H and O–H groups in total. The number of hydrogen-bond donors (Lipinski definition) is 1. The fourth-order valence-corrected chi connectivity index (χ4v) is 2.87. The van der Waals surface area contributed by atoms with E-state index in [1.54, 1.807) is 7.11 Å². The molecule has 1 aliphatic rings. The highest BCUT2D eigenvalue weighted by atomic mass is 16.5. The van der Waals surface area contributed by atoms with Crippen LogP contribution < -0.4 is 10.1 Å². The van der Waals surface area contributed by atoms with E-state index in [1.807, 2.05) is 24.3 Å². The average Bonchev–Trinajstić information content (AvgIpc) is 2.56. The van der Waals surface area contributed by atoms with E-state index in [9.17, 15) is 9.59 Å². The Morgan fingerprint density at radius 2 is 1.82 bits per heavy atom. The molecule has 2 rings (SSSR count). The van der Waals surface area contributed by atoms with Crippen LogP contribution in [0, 0.1) is 0 Å². The molecule has 1 aliphatic carbocycles. The number of aryl methyl sites for hydroxylation is 1. The molecule has 0 atom stereocenters. The number of amides is 1. The van der Waals surface area contributed by atoms with Gasteiger partial charge in [-0.15, -0.1) is 0 Å². The fourth-order valence-electron chi connectivity index (χ4n) is 2.87. The summed E-state index contributed by atoms with van der Waals surface area (Å²) in [6.07, 6.45) is 7.35. The Balaban J connectivity index is 1.68. The van der Waals surface area contributed by atoms with Gasteiger partial charge in [0.05, 0.1) is 7.11 Å². The SMILES string of the molecule is COc1ccc(CCCC(=O)C(=O)NC2CCCCC2)cc1. The van der Waals surface area contributed by atoms with Crippen molar-refractivity contribution in [3.05, 3.63) is 29.8 Å². The number of hydrogen-bond acceptors (Lipinski definition) is 3. The van der Waals surface area contributed by atoms with Crippen molar-refractivity contribution in [1.29, 1.82) is 0 Å². The van der Waals surface area contributed by atoms with Gasteiger partial charge in [-0.1, -0.05) is 31.4 Å². The Morgan fingerprint density at radius 1 is 1.14 bits per heavy atom. The number of ether oxygens (including phenoxy) is 1. The van der Waals surface area contributed by atoms with Gasteiger partial charge >= 0.3 is 0 Å². The predicted octanol–water partition coefficient (Wildman–Crippen LogP) is 3.04. The first-order valence-electron chi connectivity index (χ1n) is 8.15. The van der Waals surface area contributed by atoms with Crippen LogP contribution in [0.4, 0.5) is 0 Å². The molecule has 0 saturated heterocycles. The maximum atomic E-state index is 11.9. The van der Waals surface area contributed by atoms with Gasteiger partial charge < -0.3 is 10.1 Å². The van der Waals surface area contributed by atoms with E-state index >= 15 is 0 Å². The zero-order valence-corrected chi connectivity index (χ0v) is 13.3. The third-order valence-corrected chi connectivity index (χ3v) is 4.22. The molecule has 1 aromatic rings. The largest absolute Gasteiger partial charge is 0.497 e. The van der Waals surface area contributed by atoms with Crippen molar-refractivity contribution in [2.24, 2.45) is 0 Å². The zero-order valence-electron chi connectivity index (χ0n) is 13.3. The maximum Gasteiger partial charge on any atom is 0.287 e. The van der Waals surface area contributed by atoms with Crippen LogP contribution in [0.5, 0.6) is 5.75 Å². The van der Waals surface area contributed by atoms with Gasteiger partial charge in [0.1, 0.15) is 5.75 Å². The lowest BCUT2D eigenvalue weighted by Gasteiger charge is -2.22. The van der Waals surface area contributed by atoms with Crippen molar-refractivity contribution < 1.29 is 14.3 Å². The molecule has 0 radical (unpaired) electrons. The first-order valence-corrected chi connectivity index (χ1v) is 8.15. The van der Waals surface area contributed by atoms with Crippen LogP contribution in [0.1, 0.15) is 50.5 Å². The van der Waals surface area contributed by atoms with Gasteiger partial charge in [-0.2, -0.15) is 0 Å². The van der Waals surface area contributed by atoms with Crippen LogP contribution >= 0.6 is 0 Å². The van der Waals surface area contributed by atoms with E-state index in [0.29, 0.717) is 12.8 Å². The molecule has 1 fully saturated rings. The Labute approximate surface area is 132 Å². The van der Waals surface area contributed by atoms with E-state index in [0.717, 1.165) is 43.4 Å². The van der Waals surface area contributed by atoms with Gasteiger partial charge in [0.25, 0.3) is 5.91 Å². The first-order chi connectivity index (χ1) is 10.7. The molecule has 1 amide bonds. The molecular weight excluding hydrogens is 278 g/mol. The second-order valence-electron chi connectivity index (χ2n) is 5.93. The number of nitrogens with one attached hydrogen (secondary N) is 1. The molecule has 1 aromatic carbocycles. The fraction of sp³-hybridized carbons (Fsp3) is 0.556. The van der Waals surface area contributed by atoms with E-state index < -0.39 is 5.91 Å². The first kappa shape index (κ1) is 16.5. The standard InChI is InChI=1S/C18H25NO3/c1-22-16-12-10-14(11-13-16)6-5-9-17(20)18(21)19-15-7-3-2-4-8-15/h10-13,15H,2-9H2,1H3,(H,19,21). The number of benzene rings is 1. The lowest BCUT2D eigenvalue weighted by molar-refractivity contribution is -0.138. The molecule has 0 bridgehead atoms. The van der Waals surface area contributed by atoms with E-state index in [-0.39, 0.29) is 11.8 Å². The summed E-state index contributed by atoms with van der Waals surface area (Å²) in [6, 6.07) is 8.00. The highest BCUT2D eigenvalue weighted by molar-refractivity contribution is 6.36. The topological polar surface area (TPSA) is 55.4 Å². The van der Waals surface area contributed by atoms with Crippen LogP contribution in [0.3, 0.4) is 0 Å². The van der Waals surface area contributed by atoms with E-state index in [1.165, 1.54) is 6.42 Å². The second kappa shape index (κ2) is 8.57. The summed E-state index contributed by atoms with van der Waals surface area (Å²) in [5.74, 6) is 0.132. The maximum absolute atomic E-state index is 11.9. The number of rotatable bonds is 7. The van der Waals surface area contributed by atoms with Crippen molar-refractivity contribution in [3.8, 4) is 5.75 Å². The molecule has 22 heavy (non-hydrogen) atoms. The molecule has 0 heterocycles. The number of carbonyl (C=O) groups is 2. The van der Waals surface area contributed by atoms with Crippen LogP contribution in [0.25, 0.3) is 0 Å². The smallest absolute Gasteiger partial charge is 0.287 e. The molecule has 0 aliphatic heterocycles. The predicted molar refractivity (Wildman–Crippen MR) is 86.0 cm³/mol. The summed E-state index contributed by atoms with van der Waals surface area (Å²) in [6.45, 7) is 0.